The van der Waals surface area contributed by atoms with Crippen LogP contribution in [0.2, 0.25) is 5.02 Å². The van der Waals surface area contributed by atoms with Crippen LogP contribution < -0.4 is 28.0 Å². The smallest absolute Gasteiger partial charge is 0.332 e. The Labute approximate surface area is 155 Å². The highest BCUT2D eigenvalue weighted by Gasteiger charge is 2.20. The molecule has 0 saturated carbocycles. The lowest BCUT2D eigenvalue weighted by Crippen LogP contribution is -2.43. The fourth-order valence-corrected chi connectivity index (χ4v) is 2.79. The van der Waals surface area contributed by atoms with Crippen LogP contribution in [0.5, 0.6) is 0 Å². The molecule has 1 aromatic carbocycles. The largest absolute Gasteiger partial charge is 0.398 e. The number of amides is 1. The molecule has 26 heavy (non-hydrogen) atoms. The highest BCUT2D eigenvalue weighted by molar-refractivity contribution is 6.31. The summed E-state index contributed by atoms with van der Waals surface area (Å²) in [5, 5.41) is 2.89. The zero-order valence-electron chi connectivity index (χ0n) is 14.7. The first-order valence-corrected chi connectivity index (χ1v) is 8.69. The molecule has 0 aliphatic heterocycles. The molecule has 2 rings (SSSR count). The lowest BCUT2D eigenvalue weighted by atomic mass is 10.1. The van der Waals surface area contributed by atoms with Crippen molar-refractivity contribution in [3.05, 3.63) is 49.6 Å². The molecule has 0 bridgehead atoms. The van der Waals surface area contributed by atoms with Crippen molar-refractivity contribution in [3.63, 3.8) is 0 Å². The molecule has 0 saturated heterocycles. The van der Waals surface area contributed by atoms with Gasteiger partial charge in [0.15, 0.2) is 0 Å². The lowest BCUT2D eigenvalue weighted by molar-refractivity contribution is 0.102. The third-order valence-corrected chi connectivity index (χ3v) is 4.09. The third-order valence-electron chi connectivity index (χ3n) is 3.86. The minimum atomic E-state index is -0.636. The summed E-state index contributed by atoms with van der Waals surface area (Å²) < 4.78 is 2.37. The molecule has 9 heteroatoms. The highest BCUT2D eigenvalue weighted by atomic mass is 35.5. The summed E-state index contributed by atoms with van der Waals surface area (Å²) in [4.78, 5) is 37.7. The number of aromatic nitrogens is 2. The molecule has 1 heterocycles. The van der Waals surface area contributed by atoms with Crippen LogP contribution in [0.1, 0.15) is 37.0 Å². The number of nitrogens with two attached hydrogens (primary N) is 2. The second kappa shape index (κ2) is 8.09. The Hall–Kier alpha value is -2.74. The van der Waals surface area contributed by atoms with Gasteiger partial charge < -0.3 is 16.8 Å². The van der Waals surface area contributed by atoms with Gasteiger partial charge >= 0.3 is 5.69 Å². The maximum absolute atomic E-state index is 12.7. The van der Waals surface area contributed by atoms with Crippen molar-refractivity contribution in [1.29, 1.82) is 0 Å². The standard InChI is InChI=1S/C17H22ClN5O3/c1-3-7-22-14(20)13(16(25)23(8-4-2)17(22)26)21-15(24)11-6-5-10(18)9-12(11)19/h5-6,9H,3-4,7-8,19-20H2,1-2H3,(H,21,24). The molecule has 0 fully saturated rings. The van der Waals surface area contributed by atoms with E-state index < -0.39 is 17.2 Å². The van der Waals surface area contributed by atoms with E-state index in [9.17, 15) is 14.4 Å². The maximum atomic E-state index is 12.7. The maximum Gasteiger partial charge on any atom is 0.332 e. The van der Waals surface area contributed by atoms with Crippen molar-refractivity contribution >= 4 is 34.7 Å². The summed E-state index contributed by atoms with van der Waals surface area (Å²) in [6, 6.07) is 4.41. The zero-order valence-corrected chi connectivity index (χ0v) is 15.5. The average molecular weight is 380 g/mol. The van der Waals surface area contributed by atoms with Crippen LogP contribution in [-0.4, -0.2) is 15.0 Å². The van der Waals surface area contributed by atoms with E-state index in [1.54, 1.807) is 0 Å². The van der Waals surface area contributed by atoms with Crippen molar-refractivity contribution in [3.8, 4) is 0 Å². The van der Waals surface area contributed by atoms with Gasteiger partial charge in [0.2, 0.25) is 0 Å². The molecule has 8 nitrogen and oxygen atoms in total. The zero-order chi connectivity index (χ0) is 19.4. The molecular weight excluding hydrogens is 358 g/mol. The highest BCUT2D eigenvalue weighted by Crippen LogP contribution is 2.20. The monoisotopic (exact) mass is 379 g/mol. The Morgan fingerprint density at radius 3 is 2.31 bits per heavy atom. The molecule has 0 aliphatic rings. The van der Waals surface area contributed by atoms with Crippen molar-refractivity contribution in [1.82, 2.24) is 9.13 Å². The van der Waals surface area contributed by atoms with Gasteiger partial charge in [-0.1, -0.05) is 25.4 Å². The number of nitrogen functional groups attached to an aromatic ring is 2. The molecule has 1 amide bonds. The number of carbonyl (C=O) groups is 1. The van der Waals surface area contributed by atoms with Gasteiger partial charge in [-0.25, -0.2) is 4.79 Å². The Balaban J connectivity index is 2.56. The summed E-state index contributed by atoms with van der Waals surface area (Å²) in [5.74, 6) is -0.678. The Bertz CT molecular complexity index is 949. The number of benzene rings is 1. The minimum absolute atomic E-state index is 0.0740. The number of anilines is 3. The van der Waals surface area contributed by atoms with E-state index in [2.05, 4.69) is 5.32 Å². The first-order valence-electron chi connectivity index (χ1n) is 8.31. The fourth-order valence-electron chi connectivity index (χ4n) is 2.61. The predicted octanol–water partition coefficient (Wildman–Crippen LogP) is 1.90. The van der Waals surface area contributed by atoms with Gasteiger partial charge in [-0.2, -0.15) is 0 Å². The quantitative estimate of drug-likeness (QED) is 0.661. The fraction of sp³-hybridized carbons (Fsp3) is 0.353. The summed E-state index contributed by atoms with van der Waals surface area (Å²) in [5.41, 5.74) is 10.9. The minimum Gasteiger partial charge on any atom is -0.398 e. The Kier molecular flexibility index (Phi) is 6.10. The Morgan fingerprint density at radius 1 is 1.12 bits per heavy atom. The summed E-state index contributed by atoms with van der Waals surface area (Å²) in [7, 11) is 0. The number of hydrogen-bond donors (Lipinski definition) is 3. The number of halogens is 1. The SMILES string of the molecule is CCCn1c(N)c(NC(=O)c2ccc(Cl)cc2N)c(=O)n(CCC)c1=O. The molecule has 0 aliphatic carbocycles. The first kappa shape index (κ1) is 19.6. The topological polar surface area (TPSA) is 125 Å². The number of carbonyl (C=O) groups excluding carboxylic acids is 1. The summed E-state index contributed by atoms with van der Waals surface area (Å²) in [6.07, 6.45) is 1.23. The van der Waals surface area contributed by atoms with Gasteiger partial charge in [0.05, 0.1) is 5.56 Å². The van der Waals surface area contributed by atoms with Crippen LogP contribution in [0, 0.1) is 0 Å². The molecule has 1 aromatic heterocycles. The van der Waals surface area contributed by atoms with Gasteiger partial charge in [-0.05, 0) is 31.0 Å². The molecule has 0 spiro atoms. The predicted molar refractivity (Wildman–Crippen MR) is 104 cm³/mol. The van der Waals surface area contributed by atoms with Crippen LogP contribution in [0.25, 0.3) is 0 Å². The average Bonchev–Trinajstić information content (AvgIpc) is 2.59. The van der Waals surface area contributed by atoms with E-state index in [0.717, 1.165) is 4.57 Å². The molecule has 0 radical (unpaired) electrons. The van der Waals surface area contributed by atoms with Crippen molar-refractivity contribution in [2.75, 3.05) is 16.8 Å². The third kappa shape index (κ3) is 3.75. The second-order valence-corrected chi connectivity index (χ2v) is 6.27. The summed E-state index contributed by atoms with van der Waals surface area (Å²) >= 11 is 5.84. The van der Waals surface area contributed by atoms with E-state index in [4.69, 9.17) is 23.1 Å². The van der Waals surface area contributed by atoms with Crippen molar-refractivity contribution in [2.45, 2.75) is 39.8 Å². The number of hydrogen-bond acceptors (Lipinski definition) is 5. The van der Waals surface area contributed by atoms with Crippen LogP contribution in [0.4, 0.5) is 17.2 Å². The molecule has 2 aromatic rings. The van der Waals surface area contributed by atoms with Crippen LogP contribution >= 0.6 is 11.6 Å². The van der Waals surface area contributed by atoms with E-state index in [-0.39, 0.29) is 29.3 Å². The van der Waals surface area contributed by atoms with Gasteiger partial charge in [-0.3, -0.25) is 18.7 Å². The molecule has 0 unspecified atom stereocenters. The molecule has 140 valence electrons. The van der Waals surface area contributed by atoms with Crippen LogP contribution in [-0.2, 0) is 13.1 Å². The summed E-state index contributed by atoms with van der Waals surface area (Å²) in [6.45, 7) is 4.29. The number of nitrogens with zero attached hydrogens (tertiary/aromatic N) is 2. The van der Waals surface area contributed by atoms with Gasteiger partial charge in [0, 0.05) is 23.8 Å². The second-order valence-electron chi connectivity index (χ2n) is 5.84. The Morgan fingerprint density at radius 2 is 1.73 bits per heavy atom. The molecule has 0 atom stereocenters. The van der Waals surface area contributed by atoms with Gasteiger partial charge in [-0.15, -0.1) is 0 Å². The molecule has 5 N–H and O–H groups in total. The van der Waals surface area contributed by atoms with Gasteiger partial charge in [0.1, 0.15) is 11.5 Å². The van der Waals surface area contributed by atoms with Crippen molar-refractivity contribution < 1.29 is 4.79 Å². The van der Waals surface area contributed by atoms with E-state index in [1.807, 2.05) is 13.8 Å². The van der Waals surface area contributed by atoms with Crippen LogP contribution in [0.3, 0.4) is 0 Å². The molecular formula is C17H22ClN5O3. The van der Waals surface area contributed by atoms with E-state index in [1.165, 1.54) is 22.8 Å². The number of nitrogens with one attached hydrogen (secondary N) is 1. The normalized spacial score (nSPS) is 10.7. The van der Waals surface area contributed by atoms with Crippen molar-refractivity contribution in [2.24, 2.45) is 0 Å². The number of rotatable bonds is 6. The van der Waals surface area contributed by atoms with Gasteiger partial charge in [0.25, 0.3) is 11.5 Å². The first-order chi connectivity index (χ1) is 12.3. The van der Waals surface area contributed by atoms with E-state index >= 15 is 0 Å². The lowest BCUT2D eigenvalue weighted by Gasteiger charge is -2.17. The van der Waals surface area contributed by atoms with Crippen LogP contribution in [0.15, 0.2) is 27.8 Å². The van der Waals surface area contributed by atoms with E-state index in [0.29, 0.717) is 24.4 Å².